The third-order valence-electron chi connectivity index (χ3n) is 3.43. The first kappa shape index (κ1) is 13.8. The molecule has 1 N–H and O–H groups in total. The molecule has 0 aliphatic carbocycles. The fraction of sp³-hybridized carbons (Fsp3) is 0.600. The molecule has 2 rings (SSSR count). The van der Waals surface area contributed by atoms with E-state index < -0.39 is 0 Å². The van der Waals surface area contributed by atoms with Crippen molar-refractivity contribution in [1.82, 2.24) is 14.6 Å². The third kappa shape index (κ3) is 3.46. The average molecular weight is 260 g/mol. The lowest BCUT2D eigenvalue weighted by molar-refractivity contribution is 0.561. The van der Waals surface area contributed by atoms with E-state index in [-0.39, 0.29) is 0 Å². The molecule has 0 aliphatic heterocycles. The lowest BCUT2D eigenvalue weighted by atomic mass is 10.1. The zero-order chi connectivity index (χ0) is 13.7. The van der Waals surface area contributed by atoms with Crippen molar-refractivity contribution in [2.45, 2.75) is 58.9 Å². The number of anilines is 1. The Balaban J connectivity index is 2.12. The minimum Gasteiger partial charge on any atom is -0.350 e. The van der Waals surface area contributed by atoms with Crippen molar-refractivity contribution in [2.75, 3.05) is 5.32 Å². The van der Waals surface area contributed by atoms with Gasteiger partial charge in [-0.05, 0) is 31.9 Å². The summed E-state index contributed by atoms with van der Waals surface area (Å²) in [5.41, 5.74) is 2.02. The van der Waals surface area contributed by atoms with Crippen molar-refractivity contribution >= 4 is 11.6 Å². The number of aromatic nitrogens is 3. The number of nitrogens with zero attached hydrogens (tertiary/aromatic N) is 3. The van der Waals surface area contributed by atoms with Gasteiger partial charge in [-0.25, -0.2) is 4.52 Å². The first-order valence-corrected chi connectivity index (χ1v) is 7.33. The molecule has 0 fully saturated rings. The highest BCUT2D eigenvalue weighted by molar-refractivity contribution is 5.44. The topological polar surface area (TPSA) is 42.2 Å². The summed E-state index contributed by atoms with van der Waals surface area (Å²) in [5, 5.41) is 8.03. The second-order valence-electron chi connectivity index (χ2n) is 5.14. The van der Waals surface area contributed by atoms with E-state index in [0.717, 1.165) is 17.3 Å². The van der Waals surface area contributed by atoms with E-state index in [0.29, 0.717) is 6.04 Å². The van der Waals surface area contributed by atoms with E-state index in [1.807, 2.05) is 29.6 Å². The van der Waals surface area contributed by atoms with Gasteiger partial charge in [0.25, 0.3) is 0 Å². The molecule has 0 spiro atoms. The molecule has 1 atom stereocenters. The normalized spacial score (nSPS) is 12.8. The summed E-state index contributed by atoms with van der Waals surface area (Å²) < 4.78 is 1.89. The van der Waals surface area contributed by atoms with E-state index in [9.17, 15) is 0 Å². The lowest BCUT2D eigenvalue weighted by Gasteiger charge is -2.16. The summed E-state index contributed by atoms with van der Waals surface area (Å²) >= 11 is 0. The molecule has 0 bridgehead atoms. The van der Waals surface area contributed by atoms with Crippen LogP contribution in [0.4, 0.5) is 5.95 Å². The Morgan fingerprint density at radius 2 is 2.05 bits per heavy atom. The highest BCUT2D eigenvalue weighted by Crippen LogP contribution is 2.14. The minimum absolute atomic E-state index is 0.489. The Labute approximate surface area is 115 Å². The summed E-state index contributed by atoms with van der Waals surface area (Å²) in [7, 11) is 0. The number of pyridine rings is 1. The van der Waals surface area contributed by atoms with Crippen molar-refractivity contribution in [1.29, 1.82) is 0 Å². The Hall–Kier alpha value is -1.58. The maximum absolute atomic E-state index is 4.54. The van der Waals surface area contributed by atoms with E-state index in [4.69, 9.17) is 0 Å². The fourth-order valence-electron chi connectivity index (χ4n) is 2.37. The van der Waals surface area contributed by atoms with Crippen molar-refractivity contribution in [3.63, 3.8) is 0 Å². The molecule has 0 saturated carbocycles. The van der Waals surface area contributed by atoms with Gasteiger partial charge in [0.05, 0.1) is 0 Å². The van der Waals surface area contributed by atoms with Gasteiger partial charge in [-0.3, -0.25) is 0 Å². The standard InChI is InChI=1S/C15H24N4/c1-4-6-10-13(8-5-2)16-15-17-14-11-7-9-12(3)19(14)18-15/h7,9,11,13H,4-6,8,10H2,1-3H3,(H,16,18). The second-order valence-corrected chi connectivity index (χ2v) is 5.14. The molecule has 2 aromatic rings. The summed E-state index contributed by atoms with van der Waals surface area (Å²) in [6, 6.07) is 6.55. The maximum Gasteiger partial charge on any atom is 0.243 e. The molecule has 1 unspecified atom stereocenters. The summed E-state index contributed by atoms with van der Waals surface area (Å²) in [5.74, 6) is 0.754. The first-order valence-electron chi connectivity index (χ1n) is 7.33. The van der Waals surface area contributed by atoms with Gasteiger partial charge in [-0.15, -0.1) is 5.10 Å². The van der Waals surface area contributed by atoms with Crippen molar-refractivity contribution in [3.05, 3.63) is 23.9 Å². The third-order valence-corrected chi connectivity index (χ3v) is 3.43. The molecule has 0 amide bonds. The highest BCUT2D eigenvalue weighted by atomic mass is 15.4. The number of hydrogen-bond acceptors (Lipinski definition) is 3. The van der Waals surface area contributed by atoms with Gasteiger partial charge in [0.1, 0.15) is 0 Å². The van der Waals surface area contributed by atoms with Crippen LogP contribution in [0.15, 0.2) is 18.2 Å². The molecule has 19 heavy (non-hydrogen) atoms. The van der Waals surface area contributed by atoms with Crippen LogP contribution in [-0.2, 0) is 0 Å². The van der Waals surface area contributed by atoms with Gasteiger partial charge in [-0.1, -0.05) is 39.2 Å². The van der Waals surface area contributed by atoms with Crippen LogP contribution in [0.2, 0.25) is 0 Å². The largest absolute Gasteiger partial charge is 0.350 e. The van der Waals surface area contributed by atoms with Crippen LogP contribution in [-0.4, -0.2) is 20.6 Å². The molecule has 0 radical (unpaired) electrons. The molecule has 2 aromatic heterocycles. The number of unbranched alkanes of at least 4 members (excludes halogenated alkanes) is 1. The lowest BCUT2D eigenvalue weighted by Crippen LogP contribution is -2.20. The van der Waals surface area contributed by atoms with Crippen LogP contribution in [0, 0.1) is 6.92 Å². The quantitative estimate of drug-likeness (QED) is 0.823. The Bertz CT molecular complexity index is 518. The van der Waals surface area contributed by atoms with E-state index >= 15 is 0 Å². The zero-order valence-corrected chi connectivity index (χ0v) is 12.2. The van der Waals surface area contributed by atoms with Crippen LogP contribution in [0.3, 0.4) is 0 Å². The average Bonchev–Trinajstić information content (AvgIpc) is 2.80. The van der Waals surface area contributed by atoms with Crippen molar-refractivity contribution in [2.24, 2.45) is 0 Å². The van der Waals surface area contributed by atoms with Crippen LogP contribution in [0.1, 0.15) is 51.6 Å². The highest BCUT2D eigenvalue weighted by Gasteiger charge is 2.11. The van der Waals surface area contributed by atoms with Crippen LogP contribution in [0.5, 0.6) is 0 Å². The number of rotatable bonds is 7. The molecular weight excluding hydrogens is 236 g/mol. The number of fused-ring (bicyclic) bond motifs is 1. The number of hydrogen-bond donors (Lipinski definition) is 1. The molecule has 2 heterocycles. The van der Waals surface area contributed by atoms with Crippen molar-refractivity contribution in [3.8, 4) is 0 Å². The smallest absolute Gasteiger partial charge is 0.243 e. The van der Waals surface area contributed by atoms with Gasteiger partial charge < -0.3 is 5.32 Å². The maximum atomic E-state index is 4.54. The van der Waals surface area contributed by atoms with E-state index in [1.165, 1.54) is 32.1 Å². The molecule has 104 valence electrons. The predicted molar refractivity (Wildman–Crippen MR) is 79.6 cm³/mol. The Morgan fingerprint density at radius 3 is 2.74 bits per heavy atom. The Kier molecular flexibility index (Phi) is 4.77. The van der Waals surface area contributed by atoms with Gasteiger partial charge in [0.2, 0.25) is 5.95 Å². The first-order chi connectivity index (χ1) is 9.24. The zero-order valence-electron chi connectivity index (χ0n) is 12.2. The fourth-order valence-corrected chi connectivity index (χ4v) is 2.37. The molecule has 0 saturated heterocycles. The van der Waals surface area contributed by atoms with Gasteiger partial charge in [-0.2, -0.15) is 4.98 Å². The predicted octanol–water partition coefficient (Wildman–Crippen LogP) is 3.81. The van der Waals surface area contributed by atoms with Gasteiger partial charge in [0, 0.05) is 11.7 Å². The molecule has 0 aliphatic rings. The van der Waals surface area contributed by atoms with Crippen molar-refractivity contribution < 1.29 is 0 Å². The second kappa shape index (κ2) is 6.55. The van der Waals surface area contributed by atoms with Gasteiger partial charge in [0.15, 0.2) is 5.65 Å². The van der Waals surface area contributed by atoms with Crippen LogP contribution < -0.4 is 5.32 Å². The number of nitrogens with one attached hydrogen (secondary N) is 1. The minimum atomic E-state index is 0.489. The monoisotopic (exact) mass is 260 g/mol. The molecular formula is C15H24N4. The van der Waals surface area contributed by atoms with Crippen LogP contribution >= 0.6 is 0 Å². The SMILES string of the molecule is CCCCC(CCC)Nc1nc2cccc(C)n2n1. The molecule has 0 aromatic carbocycles. The van der Waals surface area contributed by atoms with E-state index in [2.05, 4.69) is 29.2 Å². The molecule has 4 nitrogen and oxygen atoms in total. The summed E-state index contributed by atoms with van der Waals surface area (Å²) in [6.07, 6.45) is 6.05. The van der Waals surface area contributed by atoms with Gasteiger partial charge >= 0.3 is 0 Å². The molecule has 4 heteroatoms. The van der Waals surface area contributed by atoms with Crippen LogP contribution in [0.25, 0.3) is 5.65 Å². The number of aryl methyl sites for hydroxylation is 1. The Morgan fingerprint density at radius 1 is 1.21 bits per heavy atom. The summed E-state index contributed by atoms with van der Waals surface area (Å²) in [4.78, 5) is 4.54. The van der Waals surface area contributed by atoms with E-state index in [1.54, 1.807) is 0 Å². The summed E-state index contributed by atoms with van der Waals surface area (Å²) in [6.45, 7) is 6.50.